The Bertz CT molecular complexity index is 415. The zero-order chi connectivity index (χ0) is 13.7. The van der Waals surface area contributed by atoms with Crippen molar-refractivity contribution in [1.29, 1.82) is 0 Å². The highest BCUT2D eigenvalue weighted by molar-refractivity contribution is 5.72. The fourth-order valence-corrected chi connectivity index (χ4v) is 2.69. The van der Waals surface area contributed by atoms with Crippen LogP contribution in [0.1, 0.15) is 32.1 Å². The minimum atomic E-state index is 0.670. The number of ether oxygens (including phenoxy) is 2. The summed E-state index contributed by atoms with van der Waals surface area (Å²) in [6.45, 7) is 0.986. The first-order chi connectivity index (χ1) is 9.24. The van der Waals surface area contributed by atoms with E-state index in [9.17, 15) is 0 Å². The lowest BCUT2D eigenvalue weighted by Crippen LogP contribution is -2.17. The van der Waals surface area contributed by atoms with Crippen molar-refractivity contribution in [3.8, 4) is 11.5 Å². The maximum Gasteiger partial charge on any atom is 0.162 e. The first-order valence-electron chi connectivity index (χ1n) is 7.00. The number of nitrogens with one attached hydrogen (secondary N) is 1. The highest BCUT2D eigenvalue weighted by Gasteiger charge is 2.14. The molecule has 1 saturated carbocycles. The molecule has 1 aliphatic carbocycles. The molecule has 1 aromatic rings. The van der Waals surface area contributed by atoms with Gasteiger partial charge in [-0.3, -0.25) is 0 Å². The zero-order valence-corrected chi connectivity index (χ0v) is 11.9. The molecule has 4 heteroatoms. The molecule has 4 nitrogen and oxygen atoms in total. The fraction of sp³-hybridized carbons (Fsp3) is 0.600. The third-order valence-electron chi connectivity index (χ3n) is 3.86. The van der Waals surface area contributed by atoms with Gasteiger partial charge in [-0.05, 0) is 18.8 Å². The van der Waals surface area contributed by atoms with Gasteiger partial charge in [-0.15, -0.1) is 0 Å². The molecule has 3 N–H and O–H groups in total. The molecule has 2 rings (SSSR count). The highest BCUT2D eigenvalue weighted by Crippen LogP contribution is 2.35. The molecule has 0 radical (unpaired) electrons. The number of nitrogens with two attached hydrogens (primary N) is 1. The topological polar surface area (TPSA) is 56.5 Å². The van der Waals surface area contributed by atoms with Gasteiger partial charge in [0.05, 0.1) is 25.6 Å². The first-order valence-corrected chi connectivity index (χ1v) is 7.00. The van der Waals surface area contributed by atoms with Gasteiger partial charge in [-0.2, -0.15) is 0 Å². The van der Waals surface area contributed by atoms with Gasteiger partial charge in [-0.25, -0.2) is 0 Å². The fourth-order valence-electron chi connectivity index (χ4n) is 2.69. The predicted octanol–water partition coefficient (Wildman–Crippen LogP) is 3.28. The van der Waals surface area contributed by atoms with Gasteiger partial charge in [0.2, 0.25) is 0 Å². The van der Waals surface area contributed by atoms with Crippen LogP contribution in [0, 0.1) is 5.92 Å². The minimum absolute atomic E-state index is 0.670. The van der Waals surface area contributed by atoms with Crippen molar-refractivity contribution in [1.82, 2.24) is 0 Å². The molecule has 0 spiro atoms. The van der Waals surface area contributed by atoms with Crippen molar-refractivity contribution in [3.63, 3.8) is 0 Å². The van der Waals surface area contributed by atoms with Crippen molar-refractivity contribution in [2.75, 3.05) is 31.8 Å². The lowest BCUT2D eigenvalue weighted by molar-refractivity contribution is 0.355. The van der Waals surface area contributed by atoms with Crippen LogP contribution in [0.3, 0.4) is 0 Å². The van der Waals surface area contributed by atoms with Crippen LogP contribution in [0.15, 0.2) is 12.1 Å². The van der Waals surface area contributed by atoms with E-state index in [-0.39, 0.29) is 0 Å². The Morgan fingerprint density at radius 3 is 2.37 bits per heavy atom. The molecule has 1 fully saturated rings. The summed E-state index contributed by atoms with van der Waals surface area (Å²) in [6, 6.07) is 3.72. The first kappa shape index (κ1) is 13.8. The number of hydrogen-bond acceptors (Lipinski definition) is 4. The van der Waals surface area contributed by atoms with E-state index in [1.165, 1.54) is 32.1 Å². The van der Waals surface area contributed by atoms with E-state index in [1.807, 2.05) is 12.1 Å². The molecule has 0 aromatic heterocycles. The second-order valence-corrected chi connectivity index (χ2v) is 5.18. The van der Waals surface area contributed by atoms with E-state index in [1.54, 1.807) is 14.2 Å². The number of hydrogen-bond donors (Lipinski definition) is 2. The van der Waals surface area contributed by atoms with Gasteiger partial charge < -0.3 is 20.5 Å². The molecular formula is C15H24N2O2. The van der Waals surface area contributed by atoms with E-state index in [0.29, 0.717) is 17.2 Å². The average Bonchev–Trinajstić information content (AvgIpc) is 2.46. The summed E-state index contributed by atoms with van der Waals surface area (Å²) in [5, 5.41) is 3.45. The molecule has 0 saturated heterocycles. The van der Waals surface area contributed by atoms with E-state index >= 15 is 0 Å². The van der Waals surface area contributed by atoms with Crippen molar-refractivity contribution >= 4 is 11.4 Å². The van der Waals surface area contributed by atoms with Crippen molar-refractivity contribution in [2.24, 2.45) is 5.92 Å². The van der Waals surface area contributed by atoms with Gasteiger partial charge >= 0.3 is 0 Å². The van der Waals surface area contributed by atoms with Crippen LogP contribution in [-0.4, -0.2) is 20.8 Å². The number of benzene rings is 1. The number of rotatable bonds is 5. The van der Waals surface area contributed by atoms with E-state index in [2.05, 4.69) is 5.32 Å². The van der Waals surface area contributed by atoms with E-state index in [4.69, 9.17) is 15.2 Å². The summed E-state index contributed by atoms with van der Waals surface area (Å²) in [6.07, 6.45) is 6.73. The molecular weight excluding hydrogens is 240 g/mol. The normalized spacial score (nSPS) is 16.1. The molecule has 0 heterocycles. The van der Waals surface area contributed by atoms with Crippen LogP contribution >= 0.6 is 0 Å². The van der Waals surface area contributed by atoms with Gasteiger partial charge in [0.25, 0.3) is 0 Å². The second-order valence-electron chi connectivity index (χ2n) is 5.18. The number of anilines is 2. The van der Waals surface area contributed by atoms with Crippen LogP contribution < -0.4 is 20.5 Å². The summed E-state index contributed by atoms with van der Waals surface area (Å²) in [7, 11) is 3.26. The van der Waals surface area contributed by atoms with Gasteiger partial charge in [0, 0.05) is 18.7 Å². The Kier molecular flexibility index (Phi) is 4.77. The Balaban J connectivity index is 2.02. The average molecular weight is 264 g/mol. The summed E-state index contributed by atoms with van der Waals surface area (Å²) in [5.41, 5.74) is 7.67. The zero-order valence-electron chi connectivity index (χ0n) is 11.9. The highest BCUT2D eigenvalue weighted by atomic mass is 16.5. The summed E-state index contributed by atoms with van der Waals surface area (Å²) in [4.78, 5) is 0. The quantitative estimate of drug-likeness (QED) is 0.801. The third kappa shape index (κ3) is 3.46. The van der Waals surface area contributed by atoms with Crippen LogP contribution in [0.25, 0.3) is 0 Å². The molecule has 0 unspecified atom stereocenters. The summed E-state index contributed by atoms with van der Waals surface area (Å²) < 4.78 is 10.5. The van der Waals surface area contributed by atoms with Gasteiger partial charge in [0.1, 0.15) is 0 Å². The van der Waals surface area contributed by atoms with Crippen LogP contribution in [0.2, 0.25) is 0 Å². The molecule has 0 atom stereocenters. The van der Waals surface area contributed by atoms with Crippen molar-refractivity contribution < 1.29 is 9.47 Å². The smallest absolute Gasteiger partial charge is 0.162 e. The maximum absolute atomic E-state index is 6.04. The van der Waals surface area contributed by atoms with E-state index in [0.717, 1.165) is 18.2 Å². The molecule has 0 bridgehead atoms. The van der Waals surface area contributed by atoms with Crippen LogP contribution in [0.5, 0.6) is 11.5 Å². The molecule has 106 valence electrons. The monoisotopic (exact) mass is 264 g/mol. The second kappa shape index (κ2) is 6.55. The standard InChI is InChI=1S/C15H24N2O2/c1-18-14-8-12(16)13(9-15(14)19-2)17-10-11-6-4-3-5-7-11/h8-9,11,17H,3-7,10,16H2,1-2H3. The molecule has 0 amide bonds. The van der Waals surface area contributed by atoms with E-state index < -0.39 is 0 Å². The van der Waals surface area contributed by atoms with Gasteiger partial charge in [0.15, 0.2) is 11.5 Å². The number of nitrogen functional groups attached to an aromatic ring is 1. The van der Waals surface area contributed by atoms with Gasteiger partial charge in [-0.1, -0.05) is 19.3 Å². The van der Waals surface area contributed by atoms with Crippen LogP contribution in [-0.2, 0) is 0 Å². The maximum atomic E-state index is 6.04. The third-order valence-corrected chi connectivity index (χ3v) is 3.86. The molecule has 1 aromatic carbocycles. The number of methoxy groups -OCH3 is 2. The lowest BCUT2D eigenvalue weighted by atomic mass is 9.89. The van der Waals surface area contributed by atoms with Crippen molar-refractivity contribution in [3.05, 3.63) is 12.1 Å². The van der Waals surface area contributed by atoms with Crippen molar-refractivity contribution in [2.45, 2.75) is 32.1 Å². The summed E-state index contributed by atoms with van der Waals surface area (Å²) in [5.74, 6) is 2.15. The molecule has 0 aliphatic heterocycles. The summed E-state index contributed by atoms with van der Waals surface area (Å²) >= 11 is 0. The Labute approximate surface area is 115 Å². The molecule has 19 heavy (non-hydrogen) atoms. The Hall–Kier alpha value is -1.58. The Morgan fingerprint density at radius 2 is 1.74 bits per heavy atom. The molecule has 1 aliphatic rings. The van der Waals surface area contributed by atoms with Crippen LogP contribution in [0.4, 0.5) is 11.4 Å². The Morgan fingerprint density at radius 1 is 1.11 bits per heavy atom. The predicted molar refractivity (Wildman–Crippen MR) is 79.0 cm³/mol. The minimum Gasteiger partial charge on any atom is -0.493 e. The largest absolute Gasteiger partial charge is 0.493 e. The SMILES string of the molecule is COc1cc(N)c(NCC2CCCCC2)cc1OC. The lowest BCUT2D eigenvalue weighted by Gasteiger charge is -2.23.